The van der Waals surface area contributed by atoms with Crippen molar-refractivity contribution in [1.82, 2.24) is 10.3 Å². The highest BCUT2D eigenvalue weighted by atomic mass is 19.4. The zero-order valence-electron chi connectivity index (χ0n) is 13.1. The van der Waals surface area contributed by atoms with E-state index in [-0.39, 0.29) is 17.7 Å². The predicted octanol–water partition coefficient (Wildman–Crippen LogP) is 4.11. The minimum atomic E-state index is -5.18. The van der Waals surface area contributed by atoms with Crippen molar-refractivity contribution in [2.75, 3.05) is 0 Å². The highest BCUT2D eigenvalue weighted by Crippen LogP contribution is 2.40. The molecule has 11 heteroatoms. The second kappa shape index (κ2) is 6.48. The average Bonchev–Trinajstić information content (AvgIpc) is 2.94. The first-order valence-electron chi connectivity index (χ1n) is 7.33. The minimum absolute atomic E-state index is 0.0299. The number of esters is 1. The number of hydrogen-bond donors (Lipinski definition) is 1. The SMILES string of the molecule is O=C(OC1NCc2cc(-c3cncc(F)c3C(F)(F)F)ccc21)C(F)(F)F. The number of carbonyl (C=O) groups excluding carboxylic acids is 1. The third kappa shape index (κ3) is 3.72. The molecule has 1 aromatic heterocycles. The van der Waals surface area contributed by atoms with Gasteiger partial charge in [-0.15, -0.1) is 0 Å². The van der Waals surface area contributed by atoms with Crippen LogP contribution >= 0.6 is 0 Å². The number of fused-ring (bicyclic) bond motifs is 1. The van der Waals surface area contributed by atoms with Crippen LogP contribution in [0.15, 0.2) is 30.6 Å². The number of pyridine rings is 1. The quantitative estimate of drug-likeness (QED) is 0.615. The molecule has 0 saturated carbocycles. The van der Waals surface area contributed by atoms with Gasteiger partial charge in [-0.2, -0.15) is 26.3 Å². The summed E-state index contributed by atoms with van der Waals surface area (Å²) in [5, 5.41) is 2.50. The molecule has 0 fully saturated rings. The Morgan fingerprint density at radius 3 is 2.48 bits per heavy atom. The normalized spacial score (nSPS) is 16.9. The number of hydrogen-bond acceptors (Lipinski definition) is 4. The lowest BCUT2D eigenvalue weighted by Gasteiger charge is -2.16. The van der Waals surface area contributed by atoms with E-state index in [1.807, 2.05) is 0 Å². The van der Waals surface area contributed by atoms with Crippen LogP contribution < -0.4 is 5.32 Å². The van der Waals surface area contributed by atoms with Gasteiger partial charge in [0.1, 0.15) is 5.56 Å². The van der Waals surface area contributed by atoms with Gasteiger partial charge >= 0.3 is 18.3 Å². The summed E-state index contributed by atoms with van der Waals surface area (Å²) < 4.78 is 94.3. The van der Waals surface area contributed by atoms with E-state index in [1.165, 1.54) is 12.1 Å². The summed E-state index contributed by atoms with van der Waals surface area (Å²) in [6.07, 6.45) is -10.3. The fraction of sp³-hybridized carbons (Fsp3) is 0.250. The van der Waals surface area contributed by atoms with Crippen LogP contribution in [0.1, 0.15) is 22.9 Å². The van der Waals surface area contributed by atoms with Crippen LogP contribution in [0.3, 0.4) is 0 Å². The maximum atomic E-state index is 13.7. The second-order valence-electron chi connectivity index (χ2n) is 5.62. The first kappa shape index (κ1) is 19.1. The highest BCUT2D eigenvalue weighted by molar-refractivity contribution is 5.76. The third-order valence-electron chi connectivity index (χ3n) is 3.85. The molecule has 0 aliphatic carbocycles. The van der Waals surface area contributed by atoms with Gasteiger partial charge in [-0.05, 0) is 17.2 Å². The second-order valence-corrected chi connectivity index (χ2v) is 5.62. The number of rotatable bonds is 2. The molecule has 144 valence electrons. The maximum absolute atomic E-state index is 13.7. The summed E-state index contributed by atoms with van der Waals surface area (Å²) in [7, 11) is 0. The summed E-state index contributed by atoms with van der Waals surface area (Å²) in [5.74, 6) is -3.94. The number of carbonyl (C=O) groups is 1. The Balaban J connectivity index is 1.96. The van der Waals surface area contributed by atoms with Gasteiger partial charge in [0.25, 0.3) is 0 Å². The van der Waals surface area contributed by atoms with Gasteiger partial charge in [0.05, 0.1) is 6.20 Å². The average molecular weight is 394 g/mol. The first-order valence-corrected chi connectivity index (χ1v) is 7.33. The molecule has 0 radical (unpaired) electrons. The standard InChI is InChI=1S/C16H9F7N2O2/c17-11-6-24-5-10(12(11)15(18,19)20)7-1-2-9-8(3-7)4-25-13(9)27-14(26)16(21,22)23/h1-3,5-6,13,25H,4H2. The van der Waals surface area contributed by atoms with Gasteiger partial charge in [0.2, 0.25) is 0 Å². The van der Waals surface area contributed by atoms with Gasteiger partial charge in [0.15, 0.2) is 12.0 Å². The molecule has 2 heterocycles. The van der Waals surface area contributed by atoms with E-state index in [1.54, 1.807) is 0 Å². The van der Waals surface area contributed by atoms with Gasteiger partial charge in [-0.25, -0.2) is 9.18 Å². The number of aromatic nitrogens is 1. The van der Waals surface area contributed by atoms with Crippen molar-refractivity contribution < 1.29 is 40.3 Å². The molecule has 1 aromatic carbocycles. The first-order chi connectivity index (χ1) is 12.5. The Bertz CT molecular complexity index is 893. The number of nitrogens with one attached hydrogen (secondary N) is 1. The summed E-state index contributed by atoms with van der Waals surface area (Å²) in [6, 6.07) is 3.62. The van der Waals surface area contributed by atoms with Crippen molar-refractivity contribution in [3.63, 3.8) is 0 Å². The van der Waals surface area contributed by atoms with Crippen molar-refractivity contribution in [2.45, 2.75) is 25.1 Å². The molecule has 0 bridgehead atoms. The third-order valence-corrected chi connectivity index (χ3v) is 3.85. The zero-order chi connectivity index (χ0) is 20.0. The van der Waals surface area contributed by atoms with Crippen LogP contribution in [-0.2, 0) is 22.3 Å². The number of benzene rings is 1. The van der Waals surface area contributed by atoms with Crippen molar-refractivity contribution in [3.05, 3.63) is 53.1 Å². The molecule has 4 nitrogen and oxygen atoms in total. The Morgan fingerprint density at radius 2 is 1.85 bits per heavy atom. The number of alkyl halides is 6. The van der Waals surface area contributed by atoms with E-state index in [0.717, 1.165) is 12.3 Å². The molecular weight excluding hydrogens is 385 g/mol. The summed E-state index contributed by atoms with van der Waals surface area (Å²) in [5.41, 5.74) is -1.57. The van der Waals surface area contributed by atoms with Crippen molar-refractivity contribution in [1.29, 1.82) is 0 Å². The van der Waals surface area contributed by atoms with Crippen LogP contribution in [0.5, 0.6) is 0 Å². The maximum Gasteiger partial charge on any atom is 0.490 e. The van der Waals surface area contributed by atoms with E-state index in [0.29, 0.717) is 11.8 Å². The largest absolute Gasteiger partial charge is 0.490 e. The molecule has 1 unspecified atom stereocenters. The monoisotopic (exact) mass is 394 g/mol. The smallest absolute Gasteiger partial charge is 0.436 e. The van der Waals surface area contributed by atoms with Crippen molar-refractivity contribution in [3.8, 4) is 11.1 Å². The van der Waals surface area contributed by atoms with E-state index in [4.69, 9.17) is 0 Å². The number of ether oxygens (including phenoxy) is 1. The molecule has 0 spiro atoms. The van der Waals surface area contributed by atoms with Crippen molar-refractivity contribution >= 4 is 5.97 Å². The lowest BCUT2D eigenvalue weighted by Crippen LogP contribution is -2.30. The van der Waals surface area contributed by atoms with E-state index in [2.05, 4.69) is 15.0 Å². The molecule has 0 saturated heterocycles. The zero-order valence-corrected chi connectivity index (χ0v) is 13.1. The molecule has 1 N–H and O–H groups in total. The van der Waals surface area contributed by atoms with Crippen molar-refractivity contribution in [2.24, 2.45) is 0 Å². The summed E-state index contributed by atoms with van der Waals surface area (Å²) in [6.45, 7) is -0.0525. The Kier molecular flexibility index (Phi) is 4.58. The number of halogens is 7. The fourth-order valence-corrected chi connectivity index (χ4v) is 2.72. The molecule has 1 atom stereocenters. The fourth-order valence-electron chi connectivity index (χ4n) is 2.72. The van der Waals surface area contributed by atoms with E-state index >= 15 is 0 Å². The topological polar surface area (TPSA) is 51.2 Å². The molecule has 1 aliphatic rings. The van der Waals surface area contributed by atoms with Gasteiger partial charge in [-0.1, -0.05) is 12.1 Å². The molecule has 0 amide bonds. The van der Waals surface area contributed by atoms with E-state index < -0.39 is 41.5 Å². The van der Waals surface area contributed by atoms with Gasteiger partial charge in [0, 0.05) is 23.9 Å². The summed E-state index contributed by atoms with van der Waals surface area (Å²) in [4.78, 5) is 14.4. The summed E-state index contributed by atoms with van der Waals surface area (Å²) >= 11 is 0. The van der Waals surface area contributed by atoms with Crippen LogP contribution in [0.4, 0.5) is 30.7 Å². The van der Waals surface area contributed by atoms with E-state index in [9.17, 15) is 35.5 Å². The Labute approximate surface area is 147 Å². The van der Waals surface area contributed by atoms with Crippen LogP contribution in [0, 0.1) is 5.82 Å². The highest BCUT2D eigenvalue weighted by Gasteiger charge is 2.43. The lowest BCUT2D eigenvalue weighted by molar-refractivity contribution is -0.206. The molecular formula is C16H9F7N2O2. The predicted molar refractivity (Wildman–Crippen MR) is 76.4 cm³/mol. The van der Waals surface area contributed by atoms with Crippen LogP contribution in [0.2, 0.25) is 0 Å². The minimum Gasteiger partial charge on any atom is -0.436 e. The Hall–Kier alpha value is -2.69. The molecule has 1 aliphatic heterocycles. The van der Waals surface area contributed by atoms with Gasteiger partial charge < -0.3 is 4.74 Å². The van der Waals surface area contributed by atoms with Crippen LogP contribution in [0.25, 0.3) is 11.1 Å². The molecule has 3 rings (SSSR count). The Morgan fingerprint density at radius 1 is 1.15 bits per heavy atom. The molecule has 27 heavy (non-hydrogen) atoms. The van der Waals surface area contributed by atoms with Gasteiger partial charge in [-0.3, -0.25) is 10.3 Å². The lowest BCUT2D eigenvalue weighted by atomic mass is 9.97. The molecule has 2 aromatic rings. The number of nitrogens with zero attached hydrogens (tertiary/aromatic N) is 1. The van der Waals surface area contributed by atoms with Crippen LogP contribution in [-0.4, -0.2) is 17.1 Å².